The molecule has 2 rings (SSSR count). The molecular weight excluding hydrogens is 276 g/mol. The number of hydrogen-bond acceptors (Lipinski definition) is 5. The zero-order valence-corrected chi connectivity index (χ0v) is 14.5. The van der Waals surface area contributed by atoms with Gasteiger partial charge < -0.3 is 14.5 Å². The van der Waals surface area contributed by atoms with Crippen LogP contribution < -0.4 is 4.90 Å². The summed E-state index contributed by atoms with van der Waals surface area (Å²) in [7, 11) is 1.75. The molecule has 1 aromatic heterocycles. The fraction of sp³-hybridized carbons (Fsp3) is 0.765. The van der Waals surface area contributed by atoms with E-state index in [-0.39, 0.29) is 0 Å². The Labute approximate surface area is 134 Å². The second-order valence-corrected chi connectivity index (χ2v) is 6.01. The van der Waals surface area contributed by atoms with Crippen LogP contribution in [0, 0.1) is 6.92 Å². The molecule has 0 unspecified atom stereocenters. The van der Waals surface area contributed by atoms with Gasteiger partial charge in [-0.15, -0.1) is 0 Å². The van der Waals surface area contributed by atoms with E-state index in [0.717, 1.165) is 56.7 Å². The van der Waals surface area contributed by atoms with Gasteiger partial charge in [-0.3, -0.25) is 0 Å². The van der Waals surface area contributed by atoms with Gasteiger partial charge in [0.1, 0.15) is 11.6 Å². The van der Waals surface area contributed by atoms with Crippen LogP contribution in [0.2, 0.25) is 0 Å². The van der Waals surface area contributed by atoms with Crippen LogP contribution >= 0.6 is 0 Å². The zero-order chi connectivity index (χ0) is 15.9. The molecule has 0 spiro atoms. The van der Waals surface area contributed by atoms with Gasteiger partial charge in [-0.2, -0.15) is 0 Å². The molecule has 0 atom stereocenters. The van der Waals surface area contributed by atoms with Crippen LogP contribution in [0.1, 0.15) is 44.1 Å². The molecule has 0 aromatic carbocycles. The van der Waals surface area contributed by atoms with Crippen molar-refractivity contribution in [3.63, 3.8) is 0 Å². The second-order valence-electron chi connectivity index (χ2n) is 6.01. The number of aromatic nitrogens is 2. The van der Waals surface area contributed by atoms with Gasteiger partial charge in [0.25, 0.3) is 0 Å². The van der Waals surface area contributed by atoms with Crippen molar-refractivity contribution in [1.82, 2.24) is 14.9 Å². The molecule has 0 amide bonds. The standard InChI is InChI=1S/C17H30N4O/c1-5-20(6-2)9-10-21(11-12-22-4)16-13-14(3)18-17(19-16)15-7-8-15/h13,15H,5-12H2,1-4H3. The van der Waals surface area contributed by atoms with Crippen molar-refractivity contribution in [1.29, 1.82) is 0 Å². The summed E-state index contributed by atoms with van der Waals surface area (Å²) in [5, 5.41) is 0. The number of methoxy groups -OCH3 is 1. The van der Waals surface area contributed by atoms with Gasteiger partial charge in [-0.25, -0.2) is 9.97 Å². The molecule has 0 saturated heterocycles. The molecular formula is C17H30N4O. The van der Waals surface area contributed by atoms with Crippen molar-refractivity contribution < 1.29 is 4.74 Å². The summed E-state index contributed by atoms with van der Waals surface area (Å²) >= 11 is 0. The van der Waals surface area contributed by atoms with Crippen molar-refractivity contribution >= 4 is 5.82 Å². The van der Waals surface area contributed by atoms with Crippen molar-refractivity contribution in [2.75, 3.05) is 51.3 Å². The third-order valence-corrected chi connectivity index (χ3v) is 4.27. The SMILES string of the molecule is CCN(CC)CCN(CCOC)c1cc(C)nc(C2CC2)n1. The predicted molar refractivity (Wildman–Crippen MR) is 90.6 cm³/mol. The number of anilines is 1. The van der Waals surface area contributed by atoms with Crippen LogP contribution in [0.5, 0.6) is 0 Å². The average Bonchev–Trinajstić information content (AvgIpc) is 3.35. The first-order chi connectivity index (χ1) is 10.7. The lowest BCUT2D eigenvalue weighted by Gasteiger charge is -2.27. The van der Waals surface area contributed by atoms with Gasteiger partial charge in [-0.05, 0) is 32.9 Å². The maximum Gasteiger partial charge on any atom is 0.134 e. The smallest absolute Gasteiger partial charge is 0.134 e. The first kappa shape index (κ1) is 17.2. The van der Waals surface area contributed by atoms with E-state index in [1.54, 1.807) is 7.11 Å². The molecule has 124 valence electrons. The van der Waals surface area contributed by atoms with Crippen LogP contribution in [0.15, 0.2) is 6.07 Å². The molecule has 1 heterocycles. The van der Waals surface area contributed by atoms with Crippen LogP contribution in [0.3, 0.4) is 0 Å². The second kappa shape index (κ2) is 8.44. The fourth-order valence-electron chi connectivity index (χ4n) is 2.60. The molecule has 0 N–H and O–H groups in total. The van der Waals surface area contributed by atoms with E-state index >= 15 is 0 Å². The topological polar surface area (TPSA) is 41.5 Å². The van der Waals surface area contributed by atoms with Gasteiger partial charge in [0.2, 0.25) is 0 Å². The fourth-order valence-corrected chi connectivity index (χ4v) is 2.60. The van der Waals surface area contributed by atoms with Gasteiger partial charge in [0, 0.05) is 44.4 Å². The number of hydrogen-bond donors (Lipinski definition) is 0. The van der Waals surface area contributed by atoms with E-state index in [9.17, 15) is 0 Å². The van der Waals surface area contributed by atoms with Gasteiger partial charge in [0.05, 0.1) is 6.61 Å². The van der Waals surface area contributed by atoms with Gasteiger partial charge in [0.15, 0.2) is 0 Å². The largest absolute Gasteiger partial charge is 0.383 e. The molecule has 22 heavy (non-hydrogen) atoms. The quantitative estimate of drug-likeness (QED) is 0.664. The highest BCUT2D eigenvalue weighted by Gasteiger charge is 2.27. The van der Waals surface area contributed by atoms with Crippen LogP contribution in [0.25, 0.3) is 0 Å². The Balaban J connectivity index is 2.09. The molecule has 5 heteroatoms. The minimum absolute atomic E-state index is 0.589. The highest BCUT2D eigenvalue weighted by Crippen LogP contribution is 2.38. The molecule has 1 aliphatic carbocycles. The molecule has 1 aromatic rings. The third-order valence-electron chi connectivity index (χ3n) is 4.27. The highest BCUT2D eigenvalue weighted by molar-refractivity contribution is 5.40. The van der Waals surface area contributed by atoms with Gasteiger partial charge >= 0.3 is 0 Å². The van der Waals surface area contributed by atoms with Crippen LogP contribution in [-0.4, -0.2) is 61.3 Å². The Kier molecular flexibility index (Phi) is 6.58. The molecule has 0 aliphatic heterocycles. The predicted octanol–water partition coefficient (Wildman–Crippen LogP) is 2.46. The maximum absolute atomic E-state index is 5.27. The number of likely N-dealkylation sites (N-methyl/N-ethyl adjacent to an activating group) is 1. The van der Waals surface area contributed by atoms with E-state index in [0.29, 0.717) is 5.92 Å². The average molecular weight is 306 g/mol. The lowest BCUT2D eigenvalue weighted by atomic mass is 10.3. The van der Waals surface area contributed by atoms with Crippen LogP contribution in [-0.2, 0) is 4.74 Å². The highest BCUT2D eigenvalue weighted by atomic mass is 16.5. The Morgan fingerprint density at radius 1 is 1.14 bits per heavy atom. The Morgan fingerprint density at radius 3 is 2.45 bits per heavy atom. The van der Waals surface area contributed by atoms with E-state index in [2.05, 4.69) is 41.6 Å². The van der Waals surface area contributed by atoms with Crippen molar-refractivity contribution in [2.45, 2.75) is 39.5 Å². The third kappa shape index (κ3) is 4.92. The van der Waals surface area contributed by atoms with E-state index in [1.165, 1.54) is 12.8 Å². The first-order valence-electron chi connectivity index (χ1n) is 8.49. The summed E-state index contributed by atoms with van der Waals surface area (Å²) in [5.74, 6) is 2.67. The Hall–Kier alpha value is -1.20. The molecule has 1 aliphatic rings. The molecule has 0 radical (unpaired) electrons. The zero-order valence-electron chi connectivity index (χ0n) is 14.5. The number of ether oxygens (including phenoxy) is 1. The molecule has 1 fully saturated rings. The van der Waals surface area contributed by atoms with Crippen LogP contribution in [0.4, 0.5) is 5.82 Å². The number of nitrogens with zero attached hydrogens (tertiary/aromatic N) is 4. The van der Waals surface area contributed by atoms with Gasteiger partial charge in [-0.1, -0.05) is 13.8 Å². The molecule has 0 bridgehead atoms. The normalized spacial score (nSPS) is 14.6. The first-order valence-corrected chi connectivity index (χ1v) is 8.49. The number of aryl methyl sites for hydroxylation is 1. The van der Waals surface area contributed by atoms with E-state index in [4.69, 9.17) is 9.72 Å². The Morgan fingerprint density at radius 2 is 1.86 bits per heavy atom. The Bertz CT molecular complexity index is 458. The monoisotopic (exact) mass is 306 g/mol. The summed E-state index contributed by atoms with van der Waals surface area (Å²) < 4.78 is 5.27. The minimum atomic E-state index is 0.589. The summed E-state index contributed by atoms with van der Waals surface area (Å²) in [6.07, 6.45) is 2.47. The van der Waals surface area contributed by atoms with E-state index < -0.39 is 0 Å². The summed E-state index contributed by atoms with van der Waals surface area (Å²) in [4.78, 5) is 14.2. The van der Waals surface area contributed by atoms with E-state index in [1.807, 2.05) is 0 Å². The van der Waals surface area contributed by atoms with Crippen molar-refractivity contribution in [3.05, 3.63) is 17.6 Å². The summed E-state index contributed by atoms with van der Waals surface area (Å²) in [6, 6.07) is 2.10. The summed E-state index contributed by atoms with van der Waals surface area (Å²) in [6.45, 7) is 12.3. The van der Waals surface area contributed by atoms with Crippen molar-refractivity contribution in [2.24, 2.45) is 0 Å². The molecule has 5 nitrogen and oxygen atoms in total. The lowest BCUT2D eigenvalue weighted by Crippen LogP contribution is -2.37. The maximum atomic E-state index is 5.27. The number of rotatable bonds is 10. The van der Waals surface area contributed by atoms with Crippen molar-refractivity contribution in [3.8, 4) is 0 Å². The summed E-state index contributed by atoms with van der Waals surface area (Å²) in [5.41, 5.74) is 1.07. The minimum Gasteiger partial charge on any atom is -0.383 e. The molecule has 1 saturated carbocycles. The lowest BCUT2D eigenvalue weighted by molar-refractivity contribution is 0.203.